The van der Waals surface area contributed by atoms with Gasteiger partial charge in [0.05, 0.1) is 0 Å². The molecule has 4 nitrogen and oxygen atoms in total. The predicted octanol–water partition coefficient (Wildman–Crippen LogP) is 2.68. The molecular weight excluding hydrogens is 245 g/mol. The van der Waals surface area contributed by atoms with Crippen LogP contribution in [0, 0.1) is 5.92 Å². The van der Waals surface area contributed by atoms with Crippen molar-refractivity contribution in [1.82, 2.24) is 9.97 Å². The highest BCUT2D eigenvalue weighted by Gasteiger charge is 2.35. The first-order chi connectivity index (χ1) is 8.45. The fraction of sp³-hybridized carbons (Fsp3) is 0.636. The van der Waals surface area contributed by atoms with Gasteiger partial charge in [0.25, 0.3) is 0 Å². The van der Waals surface area contributed by atoms with Crippen molar-refractivity contribution >= 4 is 11.6 Å². The maximum atomic E-state index is 12.5. The van der Waals surface area contributed by atoms with Gasteiger partial charge < -0.3 is 11.1 Å². The number of hydrogen-bond donors (Lipinski definition) is 2. The molecule has 0 amide bonds. The predicted molar refractivity (Wildman–Crippen MR) is 61.9 cm³/mol. The lowest BCUT2D eigenvalue weighted by Gasteiger charge is -2.13. The maximum Gasteiger partial charge on any atom is 0.451 e. The SMILES string of the molecule is Nc1cc(NCC2CCCC2)nc(C(F)(F)F)n1. The molecule has 3 N–H and O–H groups in total. The third-order valence-corrected chi connectivity index (χ3v) is 3.05. The summed E-state index contributed by atoms with van der Waals surface area (Å²) < 4.78 is 37.4. The van der Waals surface area contributed by atoms with Crippen LogP contribution in [0.15, 0.2) is 6.07 Å². The molecule has 0 unspecified atom stereocenters. The average Bonchev–Trinajstić information content (AvgIpc) is 2.77. The largest absolute Gasteiger partial charge is 0.451 e. The molecular formula is C11H15F3N4. The van der Waals surface area contributed by atoms with E-state index in [-0.39, 0.29) is 11.6 Å². The van der Waals surface area contributed by atoms with Gasteiger partial charge in [-0.3, -0.25) is 0 Å². The summed E-state index contributed by atoms with van der Waals surface area (Å²) in [6.45, 7) is 0.633. The molecule has 7 heteroatoms. The first-order valence-electron chi connectivity index (χ1n) is 5.91. The smallest absolute Gasteiger partial charge is 0.384 e. The van der Waals surface area contributed by atoms with E-state index in [0.29, 0.717) is 12.5 Å². The van der Waals surface area contributed by atoms with Crippen molar-refractivity contribution in [2.45, 2.75) is 31.9 Å². The topological polar surface area (TPSA) is 63.8 Å². The van der Waals surface area contributed by atoms with Gasteiger partial charge in [0.1, 0.15) is 11.6 Å². The van der Waals surface area contributed by atoms with E-state index in [2.05, 4.69) is 15.3 Å². The third-order valence-electron chi connectivity index (χ3n) is 3.05. The van der Waals surface area contributed by atoms with E-state index >= 15 is 0 Å². The fourth-order valence-electron chi connectivity index (χ4n) is 2.15. The van der Waals surface area contributed by atoms with Crippen LogP contribution in [0.2, 0.25) is 0 Å². The summed E-state index contributed by atoms with van der Waals surface area (Å²) in [5.41, 5.74) is 5.35. The van der Waals surface area contributed by atoms with Gasteiger partial charge in [0.15, 0.2) is 0 Å². The van der Waals surface area contributed by atoms with E-state index in [1.54, 1.807) is 0 Å². The second-order valence-corrected chi connectivity index (χ2v) is 4.53. The van der Waals surface area contributed by atoms with E-state index in [4.69, 9.17) is 5.73 Å². The van der Waals surface area contributed by atoms with E-state index < -0.39 is 12.0 Å². The number of nitrogens with zero attached hydrogens (tertiary/aromatic N) is 2. The Morgan fingerprint density at radius 2 is 1.94 bits per heavy atom. The normalized spacial score (nSPS) is 17.1. The molecule has 2 rings (SSSR count). The van der Waals surface area contributed by atoms with Crippen LogP contribution in [0.1, 0.15) is 31.5 Å². The van der Waals surface area contributed by atoms with Crippen LogP contribution in [-0.2, 0) is 6.18 Å². The molecule has 0 aliphatic heterocycles. The van der Waals surface area contributed by atoms with Crippen molar-refractivity contribution in [3.05, 3.63) is 11.9 Å². The van der Waals surface area contributed by atoms with Gasteiger partial charge in [0, 0.05) is 12.6 Å². The first-order valence-corrected chi connectivity index (χ1v) is 5.91. The Hall–Kier alpha value is -1.53. The highest BCUT2D eigenvalue weighted by atomic mass is 19.4. The number of nitrogens with two attached hydrogens (primary N) is 1. The van der Waals surface area contributed by atoms with Crippen molar-refractivity contribution in [1.29, 1.82) is 0 Å². The number of aromatic nitrogens is 2. The van der Waals surface area contributed by atoms with Gasteiger partial charge >= 0.3 is 6.18 Å². The van der Waals surface area contributed by atoms with Crippen LogP contribution in [0.4, 0.5) is 24.8 Å². The van der Waals surface area contributed by atoms with Crippen molar-refractivity contribution < 1.29 is 13.2 Å². The van der Waals surface area contributed by atoms with Crippen molar-refractivity contribution in [3.8, 4) is 0 Å². The van der Waals surface area contributed by atoms with Gasteiger partial charge in [-0.15, -0.1) is 0 Å². The Kier molecular flexibility index (Phi) is 3.58. The minimum atomic E-state index is -4.57. The zero-order valence-corrected chi connectivity index (χ0v) is 9.80. The van der Waals surface area contributed by atoms with Gasteiger partial charge in [-0.05, 0) is 18.8 Å². The number of alkyl halides is 3. The molecule has 1 heterocycles. The average molecular weight is 260 g/mol. The molecule has 1 aromatic rings. The summed E-state index contributed by atoms with van der Waals surface area (Å²) in [7, 11) is 0. The third kappa shape index (κ3) is 3.24. The molecule has 0 bridgehead atoms. The lowest BCUT2D eigenvalue weighted by Crippen LogP contribution is -2.17. The van der Waals surface area contributed by atoms with E-state index in [9.17, 15) is 13.2 Å². The Labute approximate surface area is 103 Å². The number of nitrogens with one attached hydrogen (secondary N) is 1. The van der Waals surface area contributed by atoms with Crippen LogP contribution in [-0.4, -0.2) is 16.5 Å². The molecule has 0 saturated heterocycles. The maximum absolute atomic E-state index is 12.5. The molecule has 1 fully saturated rings. The van der Waals surface area contributed by atoms with Crippen molar-refractivity contribution in [2.24, 2.45) is 5.92 Å². The molecule has 1 aliphatic rings. The molecule has 0 radical (unpaired) electrons. The van der Waals surface area contributed by atoms with E-state index in [0.717, 1.165) is 12.8 Å². The molecule has 1 aliphatic carbocycles. The quantitative estimate of drug-likeness (QED) is 0.877. The Balaban J connectivity index is 2.05. The summed E-state index contributed by atoms with van der Waals surface area (Å²) in [6, 6.07) is 1.32. The molecule has 0 spiro atoms. The van der Waals surface area contributed by atoms with Gasteiger partial charge in [0.2, 0.25) is 5.82 Å². The highest BCUT2D eigenvalue weighted by Crippen LogP contribution is 2.28. The Bertz CT molecular complexity index is 413. The van der Waals surface area contributed by atoms with Gasteiger partial charge in [-0.1, -0.05) is 12.8 Å². The lowest BCUT2D eigenvalue weighted by atomic mass is 10.1. The summed E-state index contributed by atoms with van der Waals surface area (Å²) in [6.07, 6.45) is 0.0245. The minimum Gasteiger partial charge on any atom is -0.384 e. The number of nitrogen functional groups attached to an aromatic ring is 1. The number of halogens is 3. The first kappa shape index (κ1) is 12.9. The highest BCUT2D eigenvalue weighted by molar-refractivity contribution is 5.44. The molecule has 0 atom stereocenters. The monoisotopic (exact) mass is 260 g/mol. The molecule has 100 valence electrons. The van der Waals surface area contributed by atoms with E-state index in [1.165, 1.54) is 18.9 Å². The Morgan fingerprint density at radius 3 is 2.56 bits per heavy atom. The number of hydrogen-bond acceptors (Lipinski definition) is 4. The van der Waals surface area contributed by atoms with Gasteiger partial charge in [-0.2, -0.15) is 13.2 Å². The van der Waals surface area contributed by atoms with Crippen LogP contribution in [0.5, 0.6) is 0 Å². The minimum absolute atomic E-state index is 0.140. The summed E-state index contributed by atoms with van der Waals surface area (Å²) >= 11 is 0. The molecule has 1 saturated carbocycles. The zero-order chi connectivity index (χ0) is 13.2. The van der Waals surface area contributed by atoms with Crippen LogP contribution < -0.4 is 11.1 Å². The second kappa shape index (κ2) is 4.99. The van der Waals surface area contributed by atoms with Crippen molar-refractivity contribution in [3.63, 3.8) is 0 Å². The van der Waals surface area contributed by atoms with Crippen LogP contribution in [0.25, 0.3) is 0 Å². The standard InChI is InChI=1S/C11H15F3N4/c12-11(13,14)10-17-8(15)5-9(18-10)16-6-7-3-1-2-4-7/h5,7H,1-4,6H2,(H3,15,16,17,18). The molecule has 1 aromatic heterocycles. The van der Waals surface area contributed by atoms with Crippen LogP contribution in [0.3, 0.4) is 0 Å². The molecule has 18 heavy (non-hydrogen) atoms. The lowest BCUT2D eigenvalue weighted by molar-refractivity contribution is -0.144. The molecule has 0 aromatic carbocycles. The van der Waals surface area contributed by atoms with Crippen LogP contribution >= 0.6 is 0 Å². The van der Waals surface area contributed by atoms with E-state index in [1.807, 2.05) is 0 Å². The number of rotatable bonds is 3. The summed E-state index contributed by atoms with van der Waals surface area (Å²) in [5.74, 6) is -0.722. The number of anilines is 2. The summed E-state index contributed by atoms with van der Waals surface area (Å²) in [4.78, 5) is 6.63. The zero-order valence-electron chi connectivity index (χ0n) is 9.80. The van der Waals surface area contributed by atoms with Crippen molar-refractivity contribution in [2.75, 3.05) is 17.6 Å². The van der Waals surface area contributed by atoms with Gasteiger partial charge in [-0.25, -0.2) is 9.97 Å². The second-order valence-electron chi connectivity index (χ2n) is 4.53. The fourth-order valence-corrected chi connectivity index (χ4v) is 2.15. The Morgan fingerprint density at radius 1 is 1.28 bits per heavy atom. The summed E-state index contributed by atoms with van der Waals surface area (Å²) in [5, 5.41) is 2.91.